The molecule has 0 radical (unpaired) electrons. The van der Waals surface area contributed by atoms with Gasteiger partial charge in [0.15, 0.2) is 0 Å². The van der Waals surface area contributed by atoms with Crippen molar-refractivity contribution in [3.63, 3.8) is 0 Å². The SMILES string of the molecule is Cc1cnc(N[C@@]2(CS)CCOC2C)nc1-n1cnc(C(=O)NC(CN)c2cc(F)cc(Cl)c2)c1. The van der Waals surface area contributed by atoms with E-state index in [0.29, 0.717) is 29.7 Å². The molecule has 9 nitrogen and oxygen atoms in total. The zero-order valence-electron chi connectivity index (χ0n) is 19.3. The first kappa shape index (κ1) is 25.4. The molecule has 3 heterocycles. The summed E-state index contributed by atoms with van der Waals surface area (Å²) in [6.07, 6.45) is 5.52. The summed E-state index contributed by atoms with van der Waals surface area (Å²) in [5, 5.41) is 6.39. The maximum atomic E-state index is 13.8. The number of nitrogens with zero attached hydrogens (tertiary/aromatic N) is 4. The molecule has 12 heteroatoms. The van der Waals surface area contributed by atoms with E-state index in [1.54, 1.807) is 23.0 Å². The smallest absolute Gasteiger partial charge is 0.272 e. The number of carbonyl (C=O) groups is 1. The van der Waals surface area contributed by atoms with Gasteiger partial charge in [0.05, 0.1) is 17.7 Å². The Morgan fingerprint density at radius 1 is 1.43 bits per heavy atom. The first-order chi connectivity index (χ1) is 16.7. The van der Waals surface area contributed by atoms with Crippen molar-refractivity contribution in [2.24, 2.45) is 5.73 Å². The van der Waals surface area contributed by atoms with Gasteiger partial charge in [-0.15, -0.1) is 0 Å². The molecule has 3 aromatic rings. The van der Waals surface area contributed by atoms with Crippen LogP contribution in [-0.2, 0) is 4.74 Å². The van der Waals surface area contributed by atoms with Crippen LogP contribution in [0.1, 0.15) is 41.0 Å². The summed E-state index contributed by atoms with van der Waals surface area (Å²) >= 11 is 10.5. The Hall–Kier alpha value is -2.73. The molecule has 0 spiro atoms. The maximum Gasteiger partial charge on any atom is 0.272 e. The minimum atomic E-state index is -0.634. The van der Waals surface area contributed by atoms with E-state index in [9.17, 15) is 9.18 Å². The average Bonchev–Trinajstić information content (AvgIpc) is 3.45. The normalized spacial score (nSPS) is 20.6. The fraction of sp³-hybridized carbons (Fsp3) is 0.391. The fourth-order valence-electron chi connectivity index (χ4n) is 4.01. The third-order valence-electron chi connectivity index (χ3n) is 6.17. The topological polar surface area (TPSA) is 120 Å². The van der Waals surface area contributed by atoms with Crippen LogP contribution in [0, 0.1) is 12.7 Å². The third-order valence-corrected chi connectivity index (χ3v) is 6.95. The Kier molecular flexibility index (Phi) is 7.60. The number of aryl methyl sites for hydroxylation is 1. The number of rotatable bonds is 8. The number of anilines is 1. The Bertz CT molecular complexity index is 1210. The minimum absolute atomic E-state index is 0.0413. The molecule has 2 unspecified atom stereocenters. The van der Waals surface area contributed by atoms with E-state index in [4.69, 9.17) is 22.1 Å². The van der Waals surface area contributed by atoms with Crippen molar-refractivity contribution in [3.05, 3.63) is 64.6 Å². The Morgan fingerprint density at radius 2 is 2.23 bits per heavy atom. The Labute approximate surface area is 213 Å². The van der Waals surface area contributed by atoms with E-state index in [1.165, 1.54) is 18.5 Å². The molecule has 35 heavy (non-hydrogen) atoms. The first-order valence-electron chi connectivity index (χ1n) is 11.1. The molecular formula is C23H27ClFN7O2S. The number of thiol groups is 1. The largest absolute Gasteiger partial charge is 0.376 e. The van der Waals surface area contributed by atoms with Crippen molar-refractivity contribution in [2.75, 3.05) is 24.2 Å². The molecule has 1 aromatic carbocycles. The number of benzene rings is 1. The van der Waals surface area contributed by atoms with Gasteiger partial charge >= 0.3 is 0 Å². The molecule has 1 fully saturated rings. The van der Waals surface area contributed by atoms with E-state index in [2.05, 4.69) is 38.2 Å². The van der Waals surface area contributed by atoms with E-state index in [1.807, 2.05) is 13.8 Å². The second kappa shape index (κ2) is 10.5. The number of hydrogen-bond donors (Lipinski definition) is 4. The molecule has 3 atom stereocenters. The van der Waals surface area contributed by atoms with Crippen LogP contribution in [0.2, 0.25) is 5.02 Å². The summed E-state index contributed by atoms with van der Waals surface area (Å²) in [5.41, 5.74) is 6.87. The zero-order valence-corrected chi connectivity index (χ0v) is 21.0. The van der Waals surface area contributed by atoms with Gasteiger partial charge in [-0.05, 0) is 44.0 Å². The van der Waals surface area contributed by atoms with Crippen LogP contribution in [0.4, 0.5) is 10.3 Å². The van der Waals surface area contributed by atoms with Gasteiger partial charge < -0.3 is 21.1 Å². The summed E-state index contributed by atoms with van der Waals surface area (Å²) in [7, 11) is 0. The first-order valence-corrected chi connectivity index (χ1v) is 12.1. The number of nitrogens with one attached hydrogen (secondary N) is 2. The number of carbonyl (C=O) groups excluding carboxylic acids is 1. The van der Waals surface area contributed by atoms with Crippen molar-refractivity contribution in [1.29, 1.82) is 0 Å². The highest BCUT2D eigenvalue weighted by atomic mass is 35.5. The lowest BCUT2D eigenvalue weighted by molar-refractivity contribution is 0.0933. The monoisotopic (exact) mass is 519 g/mol. The molecule has 0 bridgehead atoms. The van der Waals surface area contributed by atoms with Crippen molar-refractivity contribution >= 4 is 36.1 Å². The van der Waals surface area contributed by atoms with Crippen LogP contribution in [0.5, 0.6) is 0 Å². The molecule has 2 aromatic heterocycles. The van der Waals surface area contributed by atoms with Crippen molar-refractivity contribution in [2.45, 2.75) is 38.0 Å². The number of ether oxygens (including phenoxy) is 1. The number of hydrogen-bond acceptors (Lipinski definition) is 8. The van der Waals surface area contributed by atoms with Gasteiger partial charge in [-0.25, -0.2) is 14.4 Å². The quantitative estimate of drug-likeness (QED) is 0.337. The van der Waals surface area contributed by atoms with Crippen molar-refractivity contribution < 1.29 is 13.9 Å². The van der Waals surface area contributed by atoms with E-state index < -0.39 is 17.8 Å². The van der Waals surface area contributed by atoms with E-state index in [-0.39, 0.29) is 28.9 Å². The van der Waals surface area contributed by atoms with Gasteiger partial charge in [0.2, 0.25) is 5.95 Å². The lowest BCUT2D eigenvalue weighted by Gasteiger charge is -2.31. The summed E-state index contributed by atoms with van der Waals surface area (Å²) in [5.74, 6) is 0.599. The van der Waals surface area contributed by atoms with Crippen molar-refractivity contribution in [3.8, 4) is 5.82 Å². The molecule has 0 saturated carbocycles. The third kappa shape index (κ3) is 5.43. The zero-order chi connectivity index (χ0) is 25.2. The summed E-state index contributed by atoms with van der Waals surface area (Å²) in [6, 6.07) is 3.40. The van der Waals surface area contributed by atoms with Gasteiger partial charge in [0, 0.05) is 41.9 Å². The lowest BCUT2D eigenvalue weighted by Crippen LogP contribution is -2.47. The van der Waals surface area contributed by atoms with Crippen LogP contribution in [0.15, 0.2) is 36.9 Å². The number of amides is 1. The standard InChI is InChI=1S/C23H27ClFN7O2S/c1-13-9-27-22(31-23(11-35)3-4-34-14(23)2)30-20(13)32-10-19(28-12-32)21(33)29-18(8-26)15-5-16(24)7-17(25)6-15/h5-7,9-10,12,14,18,35H,3-4,8,11,26H2,1-2H3,(H,29,33)(H,27,30,31)/t14?,18?,23-/m1/s1. The van der Waals surface area contributed by atoms with Crippen LogP contribution >= 0.6 is 24.2 Å². The van der Waals surface area contributed by atoms with Crippen LogP contribution < -0.4 is 16.4 Å². The summed E-state index contributed by atoms with van der Waals surface area (Å²) in [6.45, 7) is 4.56. The molecule has 186 valence electrons. The molecule has 4 rings (SSSR count). The van der Waals surface area contributed by atoms with Gasteiger partial charge in [-0.3, -0.25) is 9.36 Å². The number of aromatic nitrogens is 4. The molecule has 1 saturated heterocycles. The highest BCUT2D eigenvalue weighted by Gasteiger charge is 2.41. The fourth-order valence-corrected chi connectivity index (χ4v) is 4.74. The van der Waals surface area contributed by atoms with Crippen LogP contribution in [-0.4, -0.2) is 56.0 Å². The van der Waals surface area contributed by atoms with E-state index >= 15 is 0 Å². The Balaban J connectivity index is 1.54. The molecule has 1 aliphatic heterocycles. The average molecular weight is 520 g/mol. The van der Waals surface area contributed by atoms with Gasteiger partial charge in [0.25, 0.3) is 5.91 Å². The number of imidazole rings is 1. The van der Waals surface area contributed by atoms with Gasteiger partial charge in [0.1, 0.15) is 23.7 Å². The highest BCUT2D eigenvalue weighted by Crippen LogP contribution is 2.30. The van der Waals surface area contributed by atoms with Crippen LogP contribution in [0.3, 0.4) is 0 Å². The highest BCUT2D eigenvalue weighted by molar-refractivity contribution is 7.80. The second-order valence-electron chi connectivity index (χ2n) is 8.53. The van der Waals surface area contributed by atoms with Gasteiger partial charge in [-0.2, -0.15) is 17.6 Å². The van der Waals surface area contributed by atoms with Gasteiger partial charge in [-0.1, -0.05) is 11.6 Å². The predicted molar refractivity (Wildman–Crippen MR) is 135 cm³/mol. The Morgan fingerprint density at radius 3 is 2.89 bits per heavy atom. The molecule has 0 aliphatic carbocycles. The van der Waals surface area contributed by atoms with Crippen molar-refractivity contribution in [1.82, 2.24) is 24.8 Å². The molecule has 1 aliphatic rings. The second-order valence-corrected chi connectivity index (χ2v) is 9.29. The number of halogens is 2. The van der Waals surface area contributed by atoms with E-state index in [0.717, 1.165) is 12.0 Å². The van der Waals surface area contributed by atoms with Crippen LogP contribution in [0.25, 0.3) is 5.82 Å². The molecule has 4 N–H and O–H groups in total. The summed E-state index contributed by atoms with van der Waals surface area (Å²) in [4.78, 5) is 26.2. The lowest BCUT2D eigenvalue weighted by atomic mass is 9.94. The number of nitrogens with two attached hydrogens (primary N) is 1. The molecular weight excluding hydrogens is 493 g/mol. The summed E-state index contributed by atoms with van der Waals surface area (Å²) < 4.78 is 21.1. The predicted octanol–water partition coefficient (Wildman–Crippen LogP) is 3.08. The molecule has 1 amide bonds. The minimum Gasteiger partial charge on any atom is -0.376 e. The maximum absolute atomic E-state index is 13.8.